The molecular weight excluding hydrogens is 781 g/mol. The summed E-state index contributed by atoms with van der Waals surface area (Å²) in [5, 5.41) is 0. The zero-order valence-corrected chi connectivity index (χ0v) is 41.1. The van der Waals surface area contributed by atoms with Crippen LogP contribution < -0.4 is 0 Å². The lowest BCUT2D eigenvalue weighted by Crippen LogP contribution is -2.30. The molecule has 63 heavy (non-hydrogen) atoms. The lowest BCUT2D eigenvalue weighted by Gasteiger charge is -2.18. The second-order valence-electron chi connectivity index (χ2n) is 17.0. The van der Waals surface area contributed by atoms with Crippen LogP contribution in [0, 0.1) is 0 Å². The van der Waals surface area contributed by atoms with Crippen LogP contribution in [0.4, 0.5) is 0 Å². The molecule has 360 valence electrons. The van der Waals surface area contributed by atoms with Gasteiger partial charge in [0.25, 0.3) is 0 Å². The number of esters is 3. The molecule has 0 radical (unpaired) electrons. The van der Waals surface area contributed by atoms with Crippen molar-refractivity contribution in [2.75, 3.05) is 13.2 Å². The highest BCUT2D eigenvalue weighted by Crippen LogP contribution is 2.13. The third-order valence-electron chi connectivity index (χ3n) is 10.9. The second-order valence-corrected chi connectivity index (χ2v) is 17.0. The van der Waals surface area contributed by atoms with Gasteiger partial charge in [-0.05, 0) is 103 Å². The summed E-state index contributed by atoms with van der Waals surface area (Å²) in [7, 11) is 0. The van der Waals surface area contributed by atoms with E-state index < -0.39 is 6.10 Å². The van der Waals surface area contributed by atoms with Gasteiger partial charge in [-0.3, -0.25) is 14.4 Å². The Morgan fingerprint density at radius 2 is 0.651 bits per heavy atom. The Hall–Kier alpha value is -3.41. The number of carbonyl (C=O) groups is 3. The fraction of sp³-hybridized carbons (Fsp3) is 0.702. The van der Waals surface area contributed by atoms with E-state index in [4.69, 9.17) is 14.2 Å². The van der Waals surface area contributed by atoms with Gasteiger partial charge in [0.05, 0.1) is 0 Å². The molecule has 0 aliphatic heterocycles. The summed E-state index contributed by atoms with van der Waals surface area (Å²) in [6.07, 6.45) is 65.8. The van der Waals surface area contributed by atoms with E-state index in [0.29, 0.717) is 19.3 Å². The van der Waals surface area contributed by atoms with Crippen molar-refractivity contribution < 1.29 is 28.6 Å². The number of rotatable bonds is 46. The topological polar surface area (TPSA) is 78.9 Å². The SMILES string of the molecule is CC/C=C/C/C=C/C/C=C/C/C=C/CCCCCCCCC(=O)OCC(COC(=O)CCCCC/C=C/CCCCCCCC)OC(=O)CC/C=C/C/C=C/CCCCCCCC. The largest absolute Gasteiger partial charge is 0.462 e. The number of ether oxygens (including phenoxy) is 3. The van der Waals surface area contributed by atoms with Crippen molar-refractivity contribution in [2.45, 2.75) is 245 Å². The van der Waals surface area contributed by atoms with Gasteiger partial charge >= 0.3 is 17.9 Å². The van der Waals surface area contributed by atoms with Crippen molar-refractivity contribution in [3.63, 3.8) is 0 Å². The smallest absolute Gasteiger partial charge is 0.306 e. The predicted molar refractivity (Wildman–Crippen MR) is 270 cm³/mol. The summed E-state index contributed by atoms with van der Waals surface area (Å²) in [6, 6.07) is 0. The van der Waals surface area contributed by atoms with Crippen molar-refractivity contribution in [2.24, 2.45) is 0 Å². The Bertz CT molecular complexity index is 1240. The highest BCUT2D eigenvalue weighted by Gasteiger charge is 2.19. The first-order chi connectivity index (χ1) is 31.0. The molecule has 6 nitrogen and oxygen atoms in total. The van der Waals surface area contributed by atoms with Crippen LogP contribution >= 0.6 is 0 Å². The minimum Gasteiger partial charge on any atom is -0.462 e. The summed E-state index contributed by atoms with van der Waals surface area (Å²) in [4.78, 5) is 37.9. The molecule has 0 aliphatic carbocycles. The molecule has 1 unspecified atom stereocenters. The Balaban J connectivity index is 4.46. The van der Waals surface area contributed by atoms with Crippen LogP contribution in [0.2, 0.25) is 0 Å². The maximum absolute atomic E-state index is 12.7. The summed E-state index contributed by atoms with van der Waals surface area (Å²) < 4.78 is 16.7. The van der Waals surface area contributed by atoms with E-state index in [0.717, 1.165) is 103 Å². The summed E-state index contributed by atoms with van der Waals surface area (Å²) in [6.45, 7) is 6.43. The molecule has 0 rings (SSSR count). The third-order valence-corrected chi connectivity index (χ3v) is 10.9. The number of allylic oxidation sites excluding steroid dienone is 14. The van der Waals surface area contributed by atoms with Gasteiger partial charge in [-0.25, -0.2) is 0 Å². The van der Waals surface area contributed by atoms with E-state index >= 15 is 0 Å². The monoisotopic (exact) mass is 877 g/mol. The van der Waals surface area contributed by atoms with E-state index in [9.17, 15) is 14.4 Å². The quantitative estimate of drug-likeness (QED) is 0.0262. The number of unbranched alkanes of at least 4 members (excludes halogenated alkanes) is 21. The number of hydrogen-bond acceptors (Lipinski definition) is 6. The molecule has 0 heterocycles. The highest BCUT2D eigenvalue weighted by atomic mass is 16.6. The second kappa shape index (κ2) is 51.2. The van der Waals surface area contributed by atoms with Crippen LogP contribution in [0.1, 0.15) is 239 Å². The van der Waals surface area contributed by atoms with E-state index in [1.54, 1.807) is 0 Å². The molecule has 0 fully saturated rings. The van der Waals surface area contributed by atoms with E-state index in [2.05, 4.69) is 99.8 Å². The van der Waals surface area contributed by atoms with Crippen LogP contribution in [-0.2, 0) is 28.6 Å². The molecule has 0 aromatic heterocycles. The molecule has 0 amide bonds. The van der Waals surface area contributed by atoms with Gasteiger partial charge in [0.15, 0.2) is 6.10 Å². The van der Waals surface area contributed by atoms with Crippen molar-refractivity contribution in [3.05, 3.63) is 85.1 Å². The summed E-state index contributed by atoms with van der Waals surface area (Å²) >= 11 is 0. The lowest BCUT2D eigenvalue weighted by atomic mass is 10.1. The number of carbonyl (C=O) groups excluding carboxylic acids is 3. The lowest BCUT2D eigenvalue weighted by molar-refractivity contribution is -0.166. The van der Waals surface area contributed by atoms with Gasteiger partial charge < -0.3 is 14.2 Å². The molecule has 0 saturated carbocycles. The van der Waals surface area contributed by atoms with Crippen LogP contribution in [-0.4, -0.2) is 37.2 Å². The Labute approximate surface area is 388 Å². The predicted octanol–water partition coefficient (Wildman–Crippen LogP) is 17.2. The van der Waals surface area contributed by atoms with Gasteiger partial charge in [-0.15, -0.1) is 0 Å². The zero-order valence-electron chi connectivity index (χ0n) is 41.1. The Kier molecular flexibility index (Phi) is 48.5. The van der Waals surface area contributed by atoms with Gasteiger partial charge in [0.2, 0.25) is 0 Å². The molecule has 0 saturated heterocycles. The fourth-order valence-corrected chi connectivity index (χ4v) is 6.95. The van der Waals surface area contributed by atoms with Gasteiger partial charge in [0, 0.05) is 19.3 Å². The molecule has 0 aliphatic rings. The molecular formula is C57H96O6. The fourth-order valence-electron chi connectivity index (χ4n) is 6.95. The Morgan fingerprint density at radius 3 is 1.06 bits per heavy atom. The molecule has 6 heteroatoms. The summed E-state index contributed by atoms with van der Waals surface area (Å²) in [5.41, 5.74) is 0. The highest BCUT2D eigenvalue weighted by molar-refractivity contribution is 5.71. The average Bonchev–Trinajstić information content (AvgIpc) is 3.28. The van der Waals surface area contributed by atoms with Crippen LogP contribution in [0.15, 0.2) is 85.1 Å². The Morgan fingerprint density at radius 1 is 0.333 bits per heavy atom. The molecule has 0 aromatic carbocycles. The minimum atomic E-state index is -0.818. The van der Waals surface area contributed by atoms with Gasteiger partial charge in [0.1, 0.15) is 13.2 Å². The minimum absolute atomic E-state index is 0.112. The van der Waals surface area contributed by atoms with Crippen molar-refractivity contribution in [1.82, 2.24) is 0 Å². The van der Waals surface area contributed by atoms with Crippen molar-refractivity contribution in [1.29, 1.82) is 0 Å². The maximum atomic E-state index is 12.7. The molecule has 0 spiro atoms. The van der Waals surface area contributed by atoms with Crippen molar-refractivity contribution >= 4 is 17.9 Å². The van der Waals surface area contributed by atoms with Crippen molar-refractivity contribution in [3.8, 4) is 0 Å². The van der Waals surface area contributed by atoms with E-state index in [1.807, 2.05) is 6.08 Å². The first-order valence-electron chi connectivity index (χ1n) is 26.1. The van der Waals surface area contributed by atoms with Crippen LogP contribution in [0.5, 0.6) is 0 Å². The average molecular weight is 877 g/mol. The van der Waals surface area contributed by atoms with Gasteiger partial charge in [-0.1, -0.05) is 202 Å². The zero-order chi connectivity index (χ0) is 45.8. The van der Waals surface area contributed by atoms with Crippen LogP contribution in [0.25, 0.3) is 0 Å². The van der Waals surface area contributed by atoms with Crippen LogP contribution in [0.3, 0.4) is 0 Å². The number of hydrogen-bond donors (Lipinski definition) is 0. The summed E-state index contributed by atoms with van der Waals surface area (Å²) in [5.74, 6) is -1.01. The molecule has 0 aromatic rings. The molecule has 0 bridgehead atoms. The maximum Gasteiger partial charge on any atom is 0.306 e. The first-order valence-corrected chi connectivity index (χ1v) is 26.1. The normalized spacial score (nSPS) is 12.7. The molecule has 1 atom stereocenters. The van der Waals surface area contributed by atoms with Gasteiger partial charge in [-0.2, -0.15) is 0 Å². The molecule has 0 N–H and O–H groups in total. The standard InChI is InChI=1S/C57H96O6/c1-4-7-10-13-16-19-22-25-26-27-28-29-30-33-35-38-41-44-47-50-56(59)62-53-54(63-57(60)51-48-45-42-39-36-32-24-21-18-15-12-9-6-3)52-61-55(58)49-46-43-40-37-34-31-23-20-17-14-11-8-5-2/h7,10,16,19,25-26,28-29,31-32,34,36,42,45,54H,4-6,8-9,11-15,17-18,20-24,27,30,33,35,37-41,43-44,46-53H2,1-3H3/b10-7+,19-16+,26-25+,29-28+,34-31+,36-32+,45-42+. The third kappa shape index (κ3) is 49.5. The first kappa shape index (κ1) is 59.6. The van der Waals surface area contributed by atoms with E-state index in [1.165, 1.54) is 89.9 Å². The van der Waals surface area contributed by atoms with E-state index in [-0.39, 0.29) is 37.5 Å².